The molecule has 124 valence electrons. The number of rotatable bonds is 4. The lowest BCUT2D eigenvalue weighted by Crippen LogP contribution is -2.35. The number of piperidine rings is 1. The highest BCUT2D eigenvalue weighted by molar-refractivity contribution is 5.35. The van der Waals surface area contributed by atoms with Gasteiger partial charge in [-0.2, -0.15) is 0 Å². The number of phenolic OH excluding ortho intramolecular Hbond substituents is 1. The van der Waals surface area contributed by atoms with E-state index in [1.54, 1.807) is 12.3 Å². The van der Waals surface area contributed by atoms with Crippen LogP contribution in [0.2, 0.25) is 0 Å². The van der Waals surface area contributed by atoms with Crippen LogP contribution in [0.4, 0.5) is 0 Å². The number of hydrogen-bond donors (Lipinski definition) is 2. The third-order valence-corrected chi connectivity index (χ3v) is 4.83. The van der Waals surface area contributed by atoms with Crippen LogP contribution >= 0.6 is 0 Å². The number of imidazole rings is 1. The molecule has 5 heteroatoms. The van der Waals surface area contributed by atoms with Gasteiger partial charge in [-0.25, -0.2) is 4.98 Å². The molecule has 1 aromatic heterocycles. The average molecular weight is 315 g/mol. The van der Waals surface area contributed by atoms with Crippen LogP contribution in [0.25, 0.3) is 0 Å². The van der Waals surface area contributed by atoms with Crippen LogP contribution in [-0.4, -0.2) is 37.8 Å². The fourth-order valence-electron chi connectivity index (χ4n) is 3.38. The van der Waals surface area contributed by atoms with Gasteiger partial charge in [-0.15, -0.1) is 0 Å². The Labute approximate surface area is 137 Å². The summed E-state index contributed by atoms with van der Waals surface area (Å²) in [5.74, 6) is 1.36. The van der Waals surface area contributed by atoms with Crippen molar-refractivity contribution in [3.05, 3.63) is 47.5 Å². The van der Waals surface area contributed by atoms with Crippen molar-refractivity contribution in [1.82, 2.24) is 14.5 Å². The SMILES string of the molecule is Cc1ccc(O)c(CN2CCC(C(O)c3nccn3C)CC2)c1. The van der Waals surface area contributed by atoms with Crippen molar-refractivity contribution < 1.29 is 10.2 Å². The molecule has 23 heavy (non-hydrogen) atoms. The van der Waals surface area contributed by atoms with Gasteiger partial charge in [-0.05, 0) is 44.8 Å². The maximum Gasteiger partial charge on any atom is 0.137 e. The molecule has 0 bridgehead atoms. The molecule has 2 aromatic rings. The van der Waals surface area contributed by atoms with Crippen LogP contribution in [0, 0.1) is 12.8 Å². The Hall–Kier alpha value is -1.85. The zero-order chi connectivity index (χ0) is 16.4. The van der Waals surface area contributed by atoms with Crippen molar-refractivity contribution in [3.63, 3.8) is 0 Å². The van der Waals surface area contributed by atoms with E-state index < -0.39 is 6.10 Å². The molecule has 0 amide bonds. The summed E-state index contributed by atoms with van der Waals surface area (Å²) in [6.07, 6.45) is 4.99. The minimum absolute atomic E-state index is 0.249. The lowest BCUT2D eigenvalue weighted by atomic mass is 9.90. The molecule has 0 saturated carbocycles. The second kappa shape index (κ2) is 6.72. The fourth-order valence-corrected chi connectivity index (χ4v) is 3.38. The van der Waals surface area contributed by atoms with Crippen molar-refractivity contribution in [1.29, 1.82) is 0 Å². The highest BCUT2D eigenvalue weighted by Crippen LogP contribution is 2.31. The number of nitrogens with zero attached hydrogens (tertiary/aromatic N) is 3. The second-order valence-electron chi connectivity index (χ2n) is 6.59. The smallest absolute Gasteiger partial charge is 0.137 e. The van der Waals surface area contributed by atoms with Crippen molar-refractivity contribution in [2.75, 3.05) is 13.1 Å². The van der Waals surface area contributed by atoms with Gasteiger partial charge in [0.1, 0.15) is 17.7 Å². The molecule has 1 fully saturated rings. The number of aromatic nitrogens is 2. The summed E-state index contributed by atoms with van der Waals surface area (Å²) >= 11 is 0. The highest BCUT2D eigenvalue weighted by atomic mass is 16.3. The van der Waals surface area contributed by atoms with Crippen molar-refractivity contribution >= 4 is 0 Å². The summed E-state index contributed by atoms with van der Waals surface area (Å²) in [7, 11) is 1.92. The number of hydrogen-bond acceptors (Lipinski definition) is 4. The molecular formula is C18H25N3O2. The van der Waals surface area contributed by atoms with E-state index in [-0.39, 0.29) is 5.92 Å². The van der Waals surface area contributed by atoms with Crippen LogP contribution < -0.4 is 0 Å². The van der Waals surface area contributed by atoms with E-state index in [2.05, 4.69) is 9.88 Å². The zero-order valence-electron chi connectivity index (χ0n) is 13.8. The van der Waals surface area contributed by atoms with Gasteiger partial charge in [0.05, 0.1) is 0 Å². The Morgan fingerprint density at radius 1 is 1.30 bits per heavy atom. The predicted octanol–water partition coefficient (Wildman–Crippen LogP) is 2.38. The van der Waals surface area contributed by atoms with Crippen LogP contribution in [0.15, 0.2) is 30.6 Å². The van der Waals surface area contributed by atoms with Gasteiger partial charge in [-0.3, -0.25) is 4.90 Å². The summed E-state index contributed by atoms with van der Waals surface area (Å²) < 4.78 is 1.89. The zero-order valence-corrected chi connectivity index (χ0v) is 13.8. The number of aliphatic hydroxyl groups is 1. The van der Waals surface area contributed by atoms with Gasteiger partial charge in [0, 0.05) is 31.5 Å². The molecule has 1 saturated heterocycles. The number of phenols is 1. The van der Waals surface area contributed by atoms with Crippen LogP contribution in [-0.2, 0) is 13.6 Å². The van der Waals surface area contributed by atoms with Gasteiger partial charge in [-0.1, -0.05) is 17.7 Å². The largest absolute Gasteiger partial charge is 0.508 e. The molecule has 3 rings (SSSR count). The molecule has 0 aliphatic carbocycles. The highest BCUT2D eigenvalue weighted by Gasteiger charge is 2.28. The van der Waals surface area contributed by atoms with E-state index >= 15 is 0 Å². The van der Waals surface area contributed by atoms with Gasteiger partial charge in [0.15, 0.2) is 0 Å². The molecule has 1 unspecified atom stereocenters. The lowest BCUT2D eigenvalue weighted by Gasteiger charge is -2.34. The minimum Gasteiger partial charge on any atom is -0.508 e. The van der Waals surface area contributed by atoms with E-state index in [0.717, 1.165) is 49.4 Å². The van der Waals surface area contributed by atoms with E-state index in [0.29, 0.717) is 5.75 Å². The van der Waals surface area contributed by atoms with Crippen LogP contribution in [0.1, 0.15) is 35.9 Å². The molecule has 2 heterocycles. The monoisotopic (exact) mass is 315 g/mol. The summed E-state index contributed by atoms with van der Waals surface area (Å²) in [5.41, 5.74) is 2.14. The number of aryl methyl sites for hydroxylation is 2. The third-order valence-electron chi connectivity index (χ3n) is 4.83. The third kappa shape index (κ3) is 3.57. The molecule has 0 spiro atoms. The predicted molar refractivity (Wildman–Crippen MR) is 89.0 cm³/mol. The van der Waals surface area contributed by atoms with E-state index in [9.17, 15) is 10.2 Å². The first-order valence-electron chi connectivity index (χ1n) is 8.20. The van der Waals surface area contributed by atoms with Crippen LogP contribution in [0.5, 0.6) is 5.75 Å². The normalized spacial score (nSPS) is 18.2. The summed E-state index contributed by atoms with van der Waals surface area (Å²) in [4.78, 5) is 6.61. The summed E-state index contributed by atoms with van der Waals surface area (Å²) in [6.45, 7) is 4.66. The first kappa shape index (κ1) is 16.0. The molecule has 1 aliphatic rings. The van der Waals surface area contributed by atoms with Gasteiger partial charge >= 0.3 is 0 Å². The number of benzene rings is 1. The van der Waals surface area contributed by atoms with Gasteiger partial charge in [0.2, 0.25) is 0 Å². The average Bonchev–Trinajstić information content (AvgIpc) is 2.97. The standard InChI is InChI=1S/C18H25N3O2/c1-13-3-4-16(22)15(11-13)12-21-8-5-14(6-9-21)17(23)18-19-7-10-20(18)2/h3-4,7,10-11,14,17,22-23H,5-6,8-9,12H2,1-2H3. The van der Waals surface area contributed by atoms with Crippen molar-refractivity contribution in [2.45, 2.75) is 32.4 Å². The fraction of sp³-hybridized carbons (Fsp3) is 0.500. The Balaban J connectivity index is 1.58. The second-order valence-corrected chi connectivity index (χ2v) is 6.59. The van der Waals surface area contributed by atoms with E-state index in [1.165, 1.54) is 0 Å². The lowest BCUT2D eigenvalue weighted by molar-refractivity contribution is 0.0490. The van der Waals surface area contributed by atoms with Crippen molar-refractivity contribution in [2.24, 2.45) is 13.0 Å². The van der Waals surface area contributed by atoms with E-state index in [1.807, 2.05) is 36.9 Å². The maximum atomic E-state index is 10.5. The van der Waals surface area contributed by atoms with Crippen molar-refractivity contribution in [3.8, 4) is 5.75 Å². The minimum atomic E-state index is -0.496. The summed E-state index contributed by atoms with van der Waals surface area (Å²) in [6, 6.07) is 5.74. The first-order chi connectivity index (χ1) is 11.0. The van der Waals surface area contributed by atoms with E-state index in [4.69, 9.17) is 0 Å². The molecule has 2 N–H and O–H groups in total. The Bertz CT molecular complexity index is 660. The maximum absolute atomic E-state index is 10.5. The molecule has 0 radical (unpaired) electrons. The number of aliphatic hydroxyl groups excluding tert-OH is 1. The first-order valence-corrected chi connectivity index (χ1v) is 8.20. The quantitative estimate of drug-likeness (QED) is 0.909. The van der Waals surface area contributed by atoms with Gasteiger partial charge in [0.25, 0.3) is 0 Å². The molecule has 5 nitrogen and oxygen atoms in total. The topological polar surface area (TPSA) is 61.5 Å². The van der Waals surface area contributed by atoms with Crippen LogP contribution in [0.3, 0.4) is 0 Å². The number of aromatic hydroxyl groups is 1. The van der Waals surface area contributed by atoms with Gasteiger partial charge < -0.3 is 14.8 Å². The molecule has 1 aromatic carbocycles. The molecule has 1 aliphatic heterocycles. The number of likely N-dealkylation sites (tertiary alicyclic amines) is 1. The Morgan fingerprint density at radius 3 is 2.70 bits per heavy atom. The summed E-state index contributed by atoms with van der Waals surface area (Å²) in [5, 5.41) is 20.5. The molecular weight excluding hydrogens is 290 g/mol. The molecule has 1 atom stereocenters. The Morgan fingerprint density at radius 2 is 2.04 bits per heavy atom. The Kier molecular flexibility index (Phi) is 4.68.